The Morgan fingerprint density at radius 1 is 1.46 bits per heavy atom. The van der Waals surface area contributed by atoms with E-state index in [2.05, 4.69) is 9.25 Å². The fourth-order valence-electron chi connectivity index (χ4n) is 0.389. The van der Waals surface area contributed by atoms with Crippen LogP contribution in [-0.4, -0.2) is 15.4 Å². The van der Waals surface area contributed by atoms with E-state index in [0.717, 1.165) is 0 Å². The first kappa shape index (κ1) is 10.7. The summed E-state index contributed by atoms with van der Waals surface area (Å²) in [6, 6.07) is 2.85. The molecule has 72 valence electrons. The molecule has 0 radical (unpaired) electrons. The molecule has 0 spiro atoms. The van der Waals surface area contributed by atoms with Gasteiger partial charge in [0, 0.05) is 6.07 Å². The summed E-state index contributed by atoms with van der Waals surface area (Å²) in [7, 11) is 0. The summed E-state index contributed by atoms with van der Waals surface area (Å²) in [6.45, 7) is 0. The second-order valence-corrected chi connectivity index (χ2v) is 1.48. The molecule has 1 N–H and O–H groups in total. The molecule has 0 unspecified atom stereocenters. The monoisotopic (exact) mass is 192 g/mol. The Hall–Kier alpha value is -2.32. The van der Waals surface area contributed by atoms with E-state index < -0.39 is 10.2 Å². The molecule has 0 atom stereocenters. The molecule has 0 aliphatic heterocycles. The predicted octanol–water partition coefficient (Wildman–Crippen LogP) is 0.502. The molecule has 13 heavy (non-hydrogen) atoms. The van der Waals surface area contributed by atoms with Crippen molar-refractivity contribution >= 4 is 0 Å². The zero-order chi connectivity index (χ0) is 10.3. The first-order valence-electron chi connectivity index (χ1n) is 2.71. The van der Waals surface area contributed by atoms with Gasteiger partial charge in [-0.3, -0.25) is 0 Å². The average Bonchev–Trinajstić information content (AvgIpc) is 2.36. The van der Waals surface area contributed by atoms with Gasteiger partial charge in [0.1, 0.15) is 0 Å². The lowest BCUT2D eigenvalue weighted by Gasteiger charge is -1.86. The minimum Gasteiger partial charge on any atom is -0.444 e. The van der Waals surface area contributed by atoms with Gasteiger partial charge in [0.05, 0.1) is 6.26 Å². The molecule has 9 heteroatoms. The van der Waals surface area contributed by atoms with Crippen molar-refractivity contribution in [1.82, 2.24) is 0 Å². The van der Waals surface area contributed by atoms with E-state index in [1.54, 1.807) is 0 Å². The lowest BCUT2D eigenvalue weighted by Crippen LogP contribution is -2.01. The summed E-state index contributed by atoms with van der Waals surface area (Å²) >= 11 is 0. The van der Waals surface area contributed by atoms with E-state index in [9.17, 15) is 10.1 Å². The van der Waals surface area contributed by atoms with Gasteiger partial charge >= 0.3 is 5.09 Å². The second-order valence-electron chi connectivity index (χ2n) is 1.48. The molecule has 1 heterocycles. The highest BCUT2D eigenvalue weighted by molar-refractivity contribution is 5.02. The van der Waals surface area contributed by atoms with Gasteiger partial charge in [-0.05, 0) is 6.07 Å². The van der Waals surface area contributed by atoms with Crippen LogP contribution in [-0.2, 0) is 0 Å². The van der Waals surface area contributed by atoms with Gasteiger partial charge in [-0.15, -0.1) is 20.2 Å². The molecule has 1 aromatic rings. The SMILES string of the molecule is O=[N+]([O-])O.O=[N+]([O-])Oc1ccco1. The standard InChI is InChI=1S/C4H3NO4.HNO3/c6-5(7)9-4-2-1-3-8-4;2-1(3)4/h1-3H;(H,2,3,4). The van der Waals surface area contributed by atoms with Crippen molar-refractivity contribution in [2.45, 2.75) is 0 Å². The molecule has 0 amide bonds. The van der Waals surface area contributed by atoms with Gasteiger partial charge in [0.15, 0.2) is 0 Å². The Balaban J connectivity index is 0.000000310. The minimum atomic E-state index is -1.50. The van der Waals surface area contributed by atoms with Crippen LogP contribution in [0.1, 0.15) is 0 Å². The summed E-state index contributed by atoms with van der Waals surface area (Å²) in [5, 5.41) is 22.3. The Morgan fingerprint density at radius 3 is 2.31 bits per heavy atom. The fourth-order valence-corrected chi connectivity index (χ4v) is 0.389. The van der Waals surface area contributed by atoms with Crippen molar-refractivity contribution in [3.05, 3.63) is 38.6 Å². The van der Waals surface area contributed by atoms with Gasteiger partial charge in [-0.1, -0.05) is 0 Å². The van der Waals surface area contributed by atoms with Crippen LogP contribution in [0.5, 0.6) is 5.95 Å². The van der Waals surface area contributed by atoms with E-state index in [1.165, 1.54) is 18.4 Å². The van der Waals surface area contributed by atoms with E-state index >= 15 is 0 Å². The topological polar surface area (TPSA) is 129 Å². The molecule has 0 fully saturated rings. The van der Waals surface area contributed by atoms with Crippen molar-refractivity contribution in [2.75, 3.05) is 0 Å². The zero-order valence-electron chi connectivity index (χ0n) is 6.02. The Morgan fingerprint density at radius 2 is 2.00 bits per heavy atom. The van der Waals surface area contributed by atoms with Crippen molar-refractivity contribution < 1.29 is 24.6 Å². The van der Waals surface area contributed by atoms with E-state index in [1.807, 2.05) is 0 Å². The summed E-state index contributed by atoms with van der Waals surface area (Å²) in [5.41, 5.74) is 0. The van der Waals surface area contributed by atoms with Crippen LogP contribution < -0.4 is 4.84 Å². The first-order valence-corrected chi connectivity index (χ1v) is 2.71. The number of nitrogens with zero attached hydrogens (tertiary/aromatic N) is 2. The third-order valence-corrected chi connectivity index (χ3v) is 0.660. The van der Waals surface area contributed by atoms with E-state index in [-0.39, 0.29) is 5.95 Å². The molecule has 0 saturated heterocycles. The Kier molecular flexibility index (Phi) is 4.39. The smallest absolute Gasteiger partial charge is 0.302 e. The van der Waals surface area contributed by atoms with Crippen LogP contribution >= 0.6 is 0 Å². The highest BCUT2D eigenvalue weighted by Crippen LogP contribution is 2.08. The van der Waals surface area contributed by atoms with Gasteiger partial charge in [-0.2, -0.15) is 0 Å². The third kappa shape index (κ3) is 7.58. The van der Waals surface area contributed by atoms with Crippen LogP contribution in [0.4, 0.5) is 0 Å². The number of rotatable bonds is 2. The molecule has 0 saturated carbocycles. The average molecular weight is 192 g/mol. The molecule has 0 aliphatic rings. The highest BCUT2D eigenvalue weighted by atomic mass is 17.0. The number of hydrogen-bond donors (Lipinski definition) is 1. The predicted molar refractivity (Wildman–Crippen MR) is 35.1 cm³/mol. The lowest BCUT2D eigenvalue weighted by atomic mass is 10.7. The van der Waals surface area contributed by atoms with Crippen molar-refractivity contribution in [3.8, 4) is 5.95 Å². The van der Waals surface area contributed by atoms with Crippen LogP contribution in [0.15, 0.2) is 22.8 Å². The quantitative estimate of drug-likeness (QED) is 0.533. The molecule has 0 aliphatic carbocycles. The fraction of sp³-hybridized carbons (Fsp3) is 0. The largest absolute Gasteiger partial charge is 0.444 e. The molecular weight excluding hydrogens is 188 g/mol. The summed E-state index contributed by atoms with van der Waals surface area (Å²) in [5.74, 6) is -0.111. The first-order chi connectivity index (χ1) is 6.02. The summed E-state index contributed by atoms with van der Waals surface area (Å²) in [4.78, 5) is 21.9. The van der Waals surface area contributed by atoms with E-state index in [0.29, 0.717) is 0 Å². The normalized spacial score (nSPS) is 8.00. The van der Waals surface area contributed by atoms with Gasteiger partial charge < -0.3 is 9.62 Å². The molecular formula is C4H4N2O7. The minimum absolute atomic E-state index is 0.111. The molecule has 0 aromatic carbocycles. The molecule has 1 rings (SSSR count). The third-order valence-electron chi connectivity index (χ3n) is 0.660. The maximum atomic E-state index is 9.59. The van der Waals surface area contributed by atoms with Gasteiger partial charge in [-0.25, -0.2) is 4.84 Å². The second kappa shape index (κ2) is 5.35. The Bertz CT molecular complexity index is 264. The maximum absolute atomic E-state index is 9.59. The zero-order valence-corrected chi connectivity index (χ0v) is 6.02. The molecule has 1 aromatic heterocycles. The summed E-state index contributed by atoms with van der Waals surface area (Å²) in [6.07, 6.45) is 1.29. The molecule has 0 bridgehead atoms. The van der Waals surface area contributed by atoms with Crippen molar-refractivity contribution in [2.24, 2.45) is 0 Å². The maximum Gasteiger partial charge on any atom is 0.302 e. The van der Waals surface area contributed by atoms with E-state index in [4.69, 9.17) is 15.3 Å². The number of hydrogen-bond acceptors (Lipinski definition) is 6. The van der Waals surface area contributed by atoms with Crippen LogP contribution in [0, 0.1) is 20.2 Å². The number of furan rings is 1. The van der Waals surface area contributed by atoms with Crippen LogP contribution in [0.3, 0.4) is 0 Å². The van der Waals surface area contributed by atoms with Gasteiger partial charge in [0.25, 0.3) is 11.0 Å². The Labute approximate surface area is 70.4 Å². The van der Waals surface area contributed by atoms with Gasteiger partial charge in [0.2, 0.25) is 0 Å². The van der Waals surface area contributed by atoms with Crippen LogP contribution in [0.25, 0.3) is 0 Å². The highest BCUT2D eigenvalue weighted by Gasteiger charge is 1.98. The van der Waals surface area contributed by atoms with Crippen molar-refractivity contribution in [3.63, 3.8) is 0 Å². The van der Waals surface area contributed by atoms with Crippen LogP contribution in [0.2, 0.25) is 0 Å². The van der Waals surface area contributed by atoms with Crippen molar-refractivity contribution in [1.29, 1.82) is 0 Å². The summed E-state index contributed by atoms with van der Waals surface area (Å²) < 4.78 is 4.48. The lowest BCUT2D eigenvalue weighted by molar-refractivity contribution is -0.742. The molecule has 9 nitrogen and oxygen atoms in total.